The third-order valence-electron chi connectivity index (χ3n) is 4.94. The van der Waals surface area contributed by atoms with Gasteiger partial charge in [-0.25, -0.2) is 4.98 Å². The minimum absolute atomic E-state index is 0. The van der Waals surface area contributed by atoms with Gasteiger partial charge in [-0.3, -0.25) is 13.9 Å². The van der Waals surface area contributed by atoms with Crippen LogP contribution in [0.5, 0.6) is 0 Å². The second-order valence-corrected chi connectivity index (χ2v) is 7.69. The average molecular weight is 463 g/mol. The number of fused-ring (bicyclic) bond motifs is 2. The van der Waals surface area contributed by atoms with E-state index in [0.717, 1.165) is 20.9 Å². The normalized spacial score (nSPS) is 11.0. The van der Waals surface area contributed by atoms with Crippen LogP contribution in [0.4, 0.5) is 0 Å². The zero-order valence-electron chi connectivity index (χ0n) is 16.0. The first-order chi connectivity index (χ1) is 14.1. The van der Waals surface area contributed by atoms with Crippen LogP contribution in [0.15, 0.2) is 77.5 Å². The van der Waals surface area contributed by atoms with Gasteiger partial charge in [0.05, 0.1) is 18.3 Å². The van der Waals surface area contributed by atoms with Gasteiger partial charge in [0.15, 0.2) is 0 Å². The number of aromatic nitrogens is 4. The maximum atomic E-state index is 12.3. The van der Waals surface area contributed by atoms with Gasteiger partial charge in [0, 0.05) is 21.6 Å². The summed E-state index contributed by atoms with van der Waals surface area (Å²) in [6, 6.07) is 19.8. The molecule has 5 aromatic rings. The first-order valence-corrected chi connectivity index (χ1v) is 9.87. The van der Waals surface area contributed by atoms with Crippen molar-refractivity contribution >= 4 is 38.4 Å². The molecule has 5 rings (SSSR count). The van der Waals surface area contributed by atoms with Crippen molar-refractivity contribution in [2.45, 2.75) is 6.54 Å². The molecule has 0 bridgehead atoms. The monoisotopic (exact) mass is 462 g/mol. The molecular weight excluding hydrogens is 444 g/mol. The number of benzene rings is 2. The summed E-state index contributed by atoms with van der Waals surface area (Å²) >= 11 is 3.45. The summed E-state index contributed by atoms with van der Waals surface area (Å²) in [6.45, 7) is 0.661. The van der Waals surface area contributed by atoms with E-state index in [1.165, 1.54) is 5.56 Å². The molecule has 30 heavy (non-hydrogen) atoms. The van der Waals surface area contributed by atoms with Crippen molar-refractivity contribution in [1.29, 1.82) is 0 Å². The van der Waals surface area contributed by atoms with E-state index in [0.29, 0.717) is 23.6 Å². The highest BCUT2D eigenvalue weighted by molar-refractivity contribution is 9.10. The molecule has 8 heteroatoms. The van der Waals surface area contributed by atoms with Crippen molar-refractivity contribution < 1.29 is 4.79 Å². The SMILES string of the molecule is N.NC(=O)c1c(-c2cccc3c2cnn3Cc2ccccc2)nc2cc(Br)ccn12. The Labute approximate surface area is 180 Å². The standard InChI is InChI=1S/C22H16BrN5O.H3N/c23-15-9-10-27-19(11-15)26-20(21(27)22(24)29)16-7-4-8-18-17(16)12-25-28(18)13-14-5-2-1-3-6-14;/h1-12H,13H2,(H2,24,29);1H3. The van der Waals surface area contributed by atoms with Crippen molar-refractivity contribution in [2.24, 2.45) is 5.73 Å². The predicted octanol–water partition coefficient (Wildman–Crippen LogP) is 4.42. The predicted molar refractivity (Wildman–Crippen MR) is 121 cm³/mol. The van der Waals surface area contributed by atoms with Gasteiger partial charge in [0.1, 0.15) is 17.0 Å². The van der Waals surface area contributed by atoms with Gasteiger partial charge in [0.25, 0.3) is 5.91 Å². The number of pyridine rings is 1. The van der Waals surface area contributed by atoms with Crippen molar-refractivity contribution in [3.63, 3.8) is 0 Å². The lowest BCUT2D eigenvalue weighted by molar-refractivity contribution is 0.0995. The fraction of sp³-hybridized carbons (Fsp3) is 0.0455. The molecule has 3 aromatic heterocycles. The molecule has 3 heterocycles. The van der Waals surface area contributed by atoms with Gasteiger partial charge in [-0.15, -0.1) is 0 Å². The number of nitrogens with two attached hydrogens (primary N) is 1. The van der Waals surface area contributed by atoms with E-state index in [-0.39, 0.29) is 6.15 Å². The Morgan fingerprint density at radius 2 is 1.87 bits per heavy atom. The van der Waals surface area contributed by atoms with Crippen molar-refractivity contribution in [2.75, 3.05) is 0 Å². The number of primary amides is 1. The summed E-state index contributed by atoms with van der Waals surface area (Å²) < 4.78 is 4.55. The maximum Gasteiger partial charge on any atom is 0.268 e. The number of rotatable bonds is 4. The first-order valence-electron chi connectivity index (χ1n) is 9.08. The lowest BCUT2D eigenvalue weighted by Gasteiger charge is -2.06. The molecule has 150 valence electrons. The molecule has 0 spiro atoms. The second kappa shape index (κ2) is 7.74. The van der Waals surface area contributed by atoms with E-state index in [2.05, 4.69) is 33.2 Å². The lowest BCUT2D eigenvalue weighted by Crippen LogP contribution is -2.15. The summed E-state index contributed by atoms with van der Waals surface area (Å²) in [5.74, 6) is -0.525. The van der Waals surface area contributed by atoms with E-state index >= 15 is 0 Å². The number of hydrogen-bond donors (Lipinski definition) is 2. The van der Waals surface area contributed by atoms with Crippen LogP contribution in [0, 0.1) is 0 Å². The molecule has 0 aliphatic rings. The van der Waals surface area contributed by atoms with Crippen LogP contribution in [-0.4, -0.2) is 25.1 Å². The molecule has 0 saturated heterocycles. The molecule has 0 radical (unpaired) electrons. The van der Waals surface area contributed by atoms with E-state index in [1.807, 2.05) is 59.4 Å². The lowest BCUT2D eigenvalue weighted by atomic mass is 10.1. The zero-order chi connectivity index (χ0) is 20.0. The van der Waals surface area contributed by atoms with Gasteiger partial charge in [-0.1, -0.05) is 58.4 Å². The molecule has 2 aromatic carbocycles. The van der Waals surface area contributed by atoms with E-state index in [4.69, 9.17) is 10.7 Å². The van der Waals surface area contributed by atoms with E-state index in [1.54, 1.807) is 10.6 Å². The summed E-state index contributed by atoms with van der Waals surface area (Å²) in [4.78, 5) is 17.0. The van der Waals surface area contributed by atoms with Crippen LogP contribution in [0.2, 0.25) is 0 Å². The van der Waals surface area contributed by atoms with Crippen LogP contribution >= 0.6 is 15.9 Å². The molecule has 0 atom stereocenters. The molecule has 7 nitrogen and oxygen atoms in total. The smallest absolute Gasteiger partial charge is 0.268 e. The van der Waals surface area contributed by atoms with Crippen LogP contribution in [0.3, 0.4) is 0 Å². The Morgan fingerprint density at radius 3 is 2.63 bits per heavy atom. The van der Waals surface area contributed by atoms with E-state index < -0.39 is 5.91 Å². The fourth-order valence-corrected chi connectivity index (χ4v) is 3.96. The highest BCUT2D eigenvalue weighted by Gasteiger charge is 2.21. The Bertz CT molecular complexity index is 1370. The Kier molecular flexibility index (Phi) is 5.11. The third-order valence-corrected chi connectivity index (χ3v) is 5.43. The number of carbonyl (C=O) groups excluding carboxylic acids is 1. The van der Waals surface area contributed by atoms with Crippen LogP contribution in [0.25, 0.3) is 27.8 Å². The fourth-order valence-electron chi connectivity index (χ4n) is 3.64. The summed E-state index contributed by atoms with van der Waals surface area (Å²) in [5, 5.41) is 5.50. The molecule has 0 fully saturated rings. The van der Waals surface area contributed by atoms with Crippen LogP contribution in [0.1, 0.15) is 16.1 Å². The topological polar surface area (TPSA) is 113 Å². The minimum atomic E-state index is -0.525. The van der Waals surface area contributed by atoms with E-state index in [9.17, 15) is 4.79 Å². The van der Waals surface area contributed by atoms with Crippen molar-refractivity contribution in [3.05, 3.63) is 88.8 Å². The molecular formula is C22H19BrN6O. The van der Waals surface area contributed by atoms with Crippen molar-refractivity contribution in [3.8, 4) is 11.3 Å². The molecule has 0 aliphatic carbocycles. The largest absolute Gasteiger partial charge is 0.364 e. The Hall–Kier alpha value is -3.49. The number of nitrogens with zero attached hydrogens (tertiary/aromatic N) is 4. The van der Waals surface area contributed by atoms with Gasteiger partial charge < -0.3 is 11.9 Å². The number of imidazole rings is 1. The highest BCUT2D eigenvalue weighted by Crippen LogP contribution is 2.32. The number of carbonyl (C=O) groups is 1. The van der Waals surface area contributed by atoms with Crippen LogP contribution in [-0.2, 0) is 6.54 Å². The van der Waals surface area contributed by atoms with Gasteiger partial charge in [-0.05, 0) is 23.8 Å². The second-order valence-electron chi connectivity index (χ2n) is 6.77. The molecule has 0 saturated carbocycles. The number of halogens is 1. The molecule has 5 N–H and O–H groups in total. The van der Waals surface area contributed by atoms with Gasteiger partial charge >= 0.3 is 0 Å². The Morgan fingerprint density at radius 1 is 1.07 bits per heavy atom. The molecule has 0 aliphatic heterocycles. The minimum Gasteiger partial charge on any atom is -0.364 e. The van der Waals surface area contributed by atoms with Crippen LogP contribution < -0.4 is 11.9 Å². The quantitative estimate of drug-likeness (QED) is 0.411. The van der Waals surface area contributed by atoms with Gasteiger partial charge in [0.2, 0.25) is 0 Å². The highest BCUT2D eigenvalue weighted by atomic mass is 79.9. The van der Waals surface area contributed by atoms with Gasteiger partial charge in [-0.2, -0.15) is 5.10 Å². The average Bonchev–Trinajstić information content (AvgIpc) is 3.30. The Balaban J connectivity index is 0.00000218. The summed E-state index contributed by atoms with van der Waals surface area (Å²) in [6.07, 6.45) is 3.60. The zero-order valence-corrected chi connectivity index (χ0v) is 17.6. The number of amides is 1. The molecule has 1 amide bonds. The summed E-state index contributed by atoms with van der Waals surface area (Å²) in [7, 11) is 0. The summed E-state index contributed by atoms with van der Waals surface area (Å²) in [5.41, 5.74) is 10.2. The third kappa shape index (κ3) is 3.26. The first kappa shape index (κ1) is 19.8. The maximum absolute atomic E-state index is 12.3. The molecule has 0 unspecified atom stereocenters. The number of hydrogen-bond acceptors (Lipinski definition) is 4. The van der Waals surface area contributed by atoms with Crippen molar-refractivity contribution in [1.82, 2.24) is 25.3 Å².